The Morgan fingerprint density at radius 1 is 1.39 bits per heavy atom. The topological polar surface area (TPSA) is 48.1 Å². The molecule has 1 aromatic rings. The lowest BCUT2D eigenvalue weighted by Gasteiger charge is -2.05. The first kappa shape index (κ1) is 11.5. The molecule has 0 bridgehead atoms. The van der Waals surface area contributed by atoms with E-state index in [1.807, 2.05) is 25.1 Å². The Hall–Kier alpha value is -1.55. The van der Waals surface area contributed by atoms with Crippen LogP contribution in [0.1, 0.15) is 30.1 Å². The van der Waals surface area contributed by atoms with Gasteiger partial charge in [-0.2, -0.15) is 0 Å². The second-order valence-corrected chi connectivity index (χ2v) is 4.84. The number of rotatable bonds is 4. The molecule has 96 valence electrons. The highest BCUT2D eigenvalue weighted by molar-refractivity contribution is 5.78. The first-order valence-electron chi connectivity index (χ1n) is 6.19. The SMILES string of the molecule is COc1ccc(C2OC2C(=O)OC2CC2)cc1C. The van der Waals surface area contributed by atoms with E-state index in [0.29, 0.717) is 0 Å². The standard InChI is InChI=1S/C14H16O4/c1-8-7-9(3-6-11(8)16-2)12-13(18-12)14(15)17-10-4-5-10/h3,6-7,10,12-13H,4-5H2,1-2H3. The minimum Gasteiger partial charge on any atom is -0.496 e. The maximum Gasteiger partial charge on any atom is 0.338 e. The van der Waals surface area contributed by atoms with Crippen molar-refractivity contribution in [3.05, 3.63) is 29.3 Å². The molecule has 0 aromatic heterocycles. The highest BCUT2D eigenvalue weighted by atomic mass is 16.6. The summed E-state index contributed by atoms with van der Waals surface area (Å²) in [6.45, 7) is 1.97. The molecule has 1 aliphatic carbocycles. The molecule has 1 aliphatic heterocycles. The summed E-state index contributed by atoms with van der Waals surface area (Å²) in [5.74, 6) is 0.618. The predicted octanol–water partition coefficient (Wildman–Crippen LogP) is 2.15. The molecule has 1 heterocycles. The Balaban J connectivity index is 1.66. The van der Waals surface area contributed by atoms with Crippen LogP contribution in [0, 0.1) is 6.92 Å². The van der Waals surface area contributed by atoms with Crippen LogP contribution in [0.25, 0.3) is 0 Å². The Bertz CT molecular complexity index is 479. The first-order valence-corrected chi connectivity index (χ1v) is 6.19. The van der Waals surface area contributed by atoms with Gasteiger partial charge in [0.1, 0.15) is 18.0 Å². The lowest BCUT2D eigenvalue weighted by atomic mass is 10.1. The summed E-state index contributed by atoms with van der Waals surface area (Å²) < 4.78 is 15.8. The molecule has 2 unspecified atom stereocenters. The molecule has 4 heteroatoms. The number of hydrogen-bond donors (Lipinski definition) is 0. The molecule has 0 spiro atoms. The highest BCUT2D eigenvalue weighted by Gasteiger charge is 2.48. The van der Waals surface area contributed by atoms with Crippen molar-refractivity contribution in [2.45, 2.75) is 38.1 Å². The van der Waals surface area contributed by atoms with Crippen LogP contribution in [-0.2, 0) is 14.3 Å². The van der Waals surface area contributed by atoms with Gasteiger partial charge in [0.25, 0.3) is 0 Å². The Morgan fingerprint density at radius 2 is 2.17 bits per heavy atom. The van der Waals surface area contributed by atoms with Crippen LogP contribution in [-0.4, -0.2) is 25.3 Å². The zero-order valence-electron chi connectivity index (χ0n) is 10.5. The smallest absolute Gasteiger partial charge is 0.338 e. The average molecular weight is 248 g/mol. The van der Waals surface area contributed by atoms with Crippen molar-refractivity contribution in [1.29, 1.82) is 0 Å². The second kappa shape index (κ2) is 4.28. The van der Waals surface area contributed by atoms with Gasteiger partial charge >= 0.3 is 5.97 Å². The minimum atomic E-state index is -0.418. The van der Waals surface area contributed by atoms with Gasteiger partial charge in [0.2, 0.25) is 0 Å². The number of esters is 1. The van der Waals surface area contributed by atoms with Gasteiger partial charge in [0.05, 0.1) is 7.11 Å². The summed E-state index contributed by atoms with van der Waals surface area (Å²) in [6.07, 6.45) is 1.55. The van der Waals surface area contributed by atoms with Crippen molar-refractivity contribution in [3.8, 4) is 5.75 Å². The fourth-order valence-electron chi connectivity index (χ4n) is 2.04. The summed E-state index contributed by atoms with van der Waals surface area (Å²) in [6, 6.07) is 5.82. The molecule has 18 heavy (non-hydrogen) atoms. The van der Waals surface area contributed by atoms with Crippen LogP contribution in [0.15, 0.2) is 18.2 Å². The van der Waals surface area contributed by atoms with Gasteiger partial charge in [-0.3, -0.25) is 0 Å². The first-order chi connectivity index (χ1) is 8.69. The van der Waals surface area contributed by atoms with Crippen molar-refractivity contribution in [1.82, 2.24) is 0 Å². The minimum absolute atomic E-state index is 0.139. The predicted molar refractivity (Wildman–Crippen MR) is 64.5 cm³/mol. The number of ether oxygens (including phenoxy) is 3. The molecule has 2 aliphatic rings. The van der Waals surface area contributed by atoms with E-state index >= 15 is 0 Å². The summed E-state index contributed by atoms with van der Waals surface area (Å²) in [4.78, 5) is 11.7. The molecular formula is C14H16O4. The molecule has 1 saturated heterocycles. The number of carbonyl (C=O) groups is 1. The van der Waals surface area contributed by atoms with Crippen LogP contribution in [0.2, 0.25) is 0 Å². The zero-order valence-corrected chi connectivity index (χ0v) is 10.5. The van der Waals surface area contributed by atoms with E-state index in [0.717, 1.165) is 29.7 Å². The number of aryl methyl sites for hydroxylation is 1. The van der Waals surface area contributed by atoms with Gasteiger partial charge in [-0.05, 0) is 43.0 Å². The van der Waals surface area contributed by atoms with E-state index in [1.165, 1.54) is 0 Å². The van der Waals surface area contributed by atoms with Gasteiger partial charge in [0, 0.05) is 0 Å². The third-order valence-corrected chi connectivity index (χ3v) is 3.28. The highest BCUT2D eigenvalue weighted by Crippen LogP contribution is 2.41. The van der Waals surface area contributed by atoms with Crippen LogP contribution in [0.5, 0.6) is 5.75 Å². The van der Waals surface area contributed by atoms with Crippen LogP contribution >= 0.6 is 0 Å². The molecule has 1 saturated carbocycles. The number of epoxide rings is 1. The quantitative estimate of drug-likeness (QED) is 0.605. The monoisotopic (exact) mass is 248 g/mol. The normalized spacial score (nSPS) is 25.7. The third kappa shape index (κ3) is 2.20. The molecule has 0 amide bonds. The number of benzene rings is 1. The molecule has 4 nitrogen and oxygen atoms in total. The third-order valence-electron chi connectivity index (χ3n) is 3.28. The van der Waals surface area contributed by atoms with Crippen molar-refractivity contribution in [2.24, 2.45) is 0 Å². The van der Waals surface area contributed by atoms with Crippen molar-refractivity contribution < 1.29 is 19.0 Å². The molecule has 0 N–H and O–H groups in total. The number of hydrogen-bond acceptors (Lipinski definition) is 4. The Morgan fingerprint density at radius 3 is 2.78 bits per heavy atom. The number of carbonyl (C=O) groups excluding carboxylic acids is 1. The zero-order chi connectivity index (χ0) is 12.7. The largest absolute Gasteiger partial charge is 0.496 e. The second-order valence-electron chi connectivity index (χ2n) is 4.84. The summed E-state index contributed by atoms with van der Waals surface area (Å²) >= 11 is 0. The van der Waals surface area contributed by atoms with E-state index in [2.05, 4.69) is 0 Å². The Labute approximate surface area is 106 Å². The van der Waals surface area contributed by atoms with Gasteiger partial charge in [-0.25, -0.2) is 4.79 Å². The lowest BCUT2D eigenvalue weighted by molar-refractivity contribution is -0.146. The molecule has 2 atom stereocenters. The fraction of sp³-hybridized carbons (Fsp3) is 0.500. The molecule has 3 rings (SSSR count). The lowest BCUT2D eigenvalue weighted by Crippen LogP contribution is -2.13. The molecular weight excluding hydrogens is 232 g/mol. The van der Waals surface area contributed by atoms with E-state index in [1.54, 1.807) is 7.11 Å². The summed E-state index contributed by atoms with van der Waals surface area (Å²) in [7, 11) is 1.64. The van der Waals surface area contributed by atoms with Crippen LogP contribution in [0.4, 0.5) is 0 Å². The number of methoxy groups -OCH3 is 1. The van der Waals surface area contributed by atoms with Crippen molar-refractivity contribution in [3.63, 3.8) is 0 Å². The van der Waals surface area contributed by atoms with Gasteiger partial charge in [-0.15, -0.1) is 0 Å². The van der Waals surface area contributed by atoms with Gasteiger partial charge < -0.3 is 14.2 Å². The van der Waals surface area contributed by atoms with Gasteiger partial charge in [-0.1, -0.05) is 6.07 Å². The molecule has 2 fully saturated rings. The fourth-order valence-corrected chi connectivity index (χ4v) is 2.04. The average Bonchev–Trinajstić information content (AvgIpc) is 3.22. The maximum absolute atomic E-state index is 11.7. The van der Waals surface area contributed by atoms with E-state index < -0.39 is 6.10 Å². The van der Waals surface area contributed by atoms with E-state index in [-0.39, 0.29) is 18.2 Å². The Kier molecular flexibility index (Phi) is 2.74. The van der Waals surface area contributed by atoms with Crippen LogP contribution < -0.4 is 4.74 Å². The molecule has 0 radical (unpaired) electrons. The van der Waals surface area contributed by atoms with Crippen molar-refractivity contribution in [2.75, 3.05) is 7.11 Å². The van der Waals surface area contributed by atoms with E-state index in [9.17, 15) is 4.79 Å². The summed E-state index contributed by atoms with van der Waals surface area (Å²) in [5, 5.41) is 0. The maximum atomic E-state index is 11.7. The van der Waals surface area contributed by atoms with E-state index in [4.69, 9.17) is 14.2 Å². The summed E-state index contributed by atoms with van der Waals surface area (Å²) in [5.41, 5.74) is 2.05. The van der Waals surface area contributed by atoms with Crippen molar-refractivity contribution >= 4 is 5.97 Å². The van der Waals surface area contributed by atoms with Gasteiger partial charge in [0.15, 0.2) is 6.10 Å². The van der Waals surface area contributed by atoms with Crippen LogP contribution in [0.3, 0.4) is 0 Å². The molecule has 1 aromatic carbocycles.